The first kappa shape index (κ1) is 18.3. The highest BCUT2D eigenvalue weighted by Crippen LogP contribution is 2.31. The summed E-state index contributed by atoms with van der Waals surface area (Å²) in [6, 6.07) is 9.30. The zero-order valence-corrected chi connectivity index (χ0v) is 15.8. The van der Waals surface area contributed by atoms with Crippen LogP contribution in [0, 0.1) is 23.7 Å². The third-order valence-electron chi connectivity index (χ3n) is 4.56. The summed E-state index contributed by atoms with van der Waals surface area (Å²) in [7, 11) is 0. The third-order valence-corrected chi connectivity index (χ3v) is 4.86. The molecule has 2 aromatic heterocycles. The summed E-state index contributed by atoms with van der Waals surface area (Å²) in [5.41, 5.74) is 1.31. The molecule has 8 nitrogen and oxygen atoms in total. The van der Waals surface area contributed by atoms with Gasteiger partial charge in [-0.1, -0.05) is 16.8 Å². The number of hydrogen-bond acceptors (Lipinski definition) is 6. The largest absolute Gasteiger partial charge is 0.484 e. The SMILES string of the molecule is Cc1cc(COc2cc3[nH]c(CNC(=O)C4(C#N)COC4)cc3cc2Cl)on1. The van der Waals surface area contributed by atoms with E-state index in [1.54, 1.807) is 18.2 Å². The topological polar surface area (TPSA) is 113 Å². The highest BCUT2D eigenvalue weighted by Gasteiger charge is 2.46. The second kappa shape index (κ2) is 7.19. The number of rotatable bonds is 6. The lowest BCUT2D eigenvalue weighted by Crippen LogP contribution is -2.52. The average Bonchev–Trinajstić information content (AvgIpc) is 3.22. The average molecular weight is 401 g/mol. The van der Waals surface area contributed by atoms with Crippen LogP contribution in [-0.2, 0) is 22.7 Å². The molecule has 1 aliphatic heterocycles. The Morgan fingerprint density at radius 1 is 1.43 bits per heavy atom. The third kappa shape index (κ3) is 3.42. The van der Waals surface area contributed by atoms with E-state index in [2.05, 4.69) is 15.5 Å². The molecule has 1 aromatic carbocycles. The summed E-state index contributed by atoms with van der Waals surface area (Å²) >= 11 is 6.31. The van der Waals surface area contributed by atoms with Gasteiger partial charge in [-0.2, -0.15) is 5.26 Å². The molecule has 0 spiro atoms. The van der Waals surface area contributed by atoms with E-state index >= 15 is 0 Å². The van der Waals surface area contributed by atoms with E-state index in [0.29, 0.717) is 16.5 Å². The van der Waals surface area contributed by atoms with Gasteiger partial charge in [-0.15, -0.1) is 0 Å². The van der Waals surface area contributed by atoms with Gasteiger partial charge in [-0.3, -0.25) is 4.79 Å². The number of nitrogens with zero attached hydrogens (tertiary/aromatic N) is 2. The number of aromatic amines is 1. The summed E-state index contributed by atoms with van der Waals surface area (Å²) in [6.07, 6.45) is 0. The van der Waals surface area contributed by atoms with Crippen LogP contribution < -0.4 is 10.1 Å². The summed E-state index contributed by atoms with van der Waals surface area (Å²) in [4.78, 5) is 15.4. The Morgan fingerprint density at radius 2 is 2.25 bits per heavy atom. The number of halogens is 1. The van der Waals surface area contributed by atoms with Gasteiger partial charge in [0.1, 0.15) is 12.4 Å². The number of carbonyl (C=O) groups excluding carboxylic acids is 1. The fourth-order valence-electron chi connectivity index (χ4n) is 2.93. The van der Waals surface area contributed by atoms with Crippen LogP contribution in [0.2, 0.25) is 5.02 Å². The van der Waals surface area contributed by atoms with Gasteiger partial charge in [0.2, 0.25) is 5.91 Å². The number of fused-ring (bicyclic) bond motifs is 1. The van der Waals surface area contributed by atoms with Gasteiger partial charge < -0.3 is 24.3 Å². The van der Waals surface area contributed by atoms with Crippen molar-refractivity contribution in [2.75, 3.05) is 13.2 Å². The van der Waals surface area contributed by atoms with Gasteiger partial charge in [0.25, 0.3) is 0 Å². The number of aryl methyl sites for hydroxylation is 1. The Labute approximate surface area is 165 Å². The second-order valence-corrected chi connectivity index (χ2v) is 7.16. The van der Waals surface area contributed by atoms with Crippen LogP contribution >= 0.6 is 11.6 Å². The molecule has 0 radical (unpaired) electrons. The fraction of sp³-hybridized carbons (Fsp3) is 0.316. The molecule has 0 unspecified atom stereocenters. The molecule has 1 saturated heterocycles. The lowest BCUT2D eigenvalue weighted by atomic mass is 9.87. The molecule has 1 fully saturated rings. The zero-order valence-electron chi connectivity index (χ0n) is 15.0. The van der Waals surface area contributed by atoms with Crippen molar-refractivity contribution < 1.29 is 18.8 Å². The first-order valence-corrected chi connectivity index (χ1v) is 9.00. The highest BCUT2D eigenvalue weighted by molar-refractivity contribution is 6.32. The van der Waals surface area contributed by atoms with Gasteiger partial charge in [-0.05, 0) is 19.1 Å². The maximum absolute atomic E-state index is 12.2. The number of nitrogens with one attached hydrogen (secondary N) is 2. The minimum absolute atomic E-state index is 0.128. The second-order valence-electron chi connectivity index (χ2n) is 6.76. The molecule has 28 heavy (non-hydrogen) atoms. The van der Waals surface area contributed by atoms with E-state index in [4.69, 9.17) is 25.6 Å². The summed E-state index contributed by atoms with van der Waals surface area (Å²) in [5, 5.41) is 17.1. The number of nitriles is 1. The van der Waals surface area contributed by atoms with Crippen LogP contribution in [0.4, 0.5) is 0 Å². The van der Waals surface area contributed by atoms with Crippen molar-refractivity contribution in [3.05, 3.63) is 46.4 Å². The number of amides is 1. The van der Waals surface area contributed by atoms with E-state index in [-0.39, 0.29) is 32.3 Å². The molecule has 0 atom stereocenters. The number of ether oxygens (including phenoxy) is 2. The minimum Gasteiger partial charge on any atom is -0.484 e. The summed E-state index contributed by atoms with van der Waals surface area (Å²) in [5.74, 6) is 0.787. The van der Waals surface area contributed by atoms with Crippen LogP contribution in [0.5, 0.6) is 5.75 Å². The molecule has 9 heteroatoms. The van der Waals surface area contributed by atoms with Gasteiger partial charge in [0.05, 0.1) is 36.5 Å². The molecule has 144 valence electrons. The Balaban J connectivity index is 1.45. The Bertz CT molecular complexity index is 1080. The van der Waals surface area contributed by atoms with Crippen LogP contribution in [0.25, 0.3) is 10.9 Å². The molecule has 0 bridgehead atoms. The van der Waals surface area contributed by atoms with Gasteiger partial charge >= 0.3 is 0 Å². The van der Waals surface area contributed by atoms with Crippen LogP contribution in [-0.4, -0.2) is 29.3 Å². The Morgan fingerprint density at radius 3 is 2.89 bits per heavy atom. The van der Waals surface area contributed by atoms with E-state index in [1.807, 2.05) is 19.1 Å². The number of aromatic nitrogens is 2. The first-order chi connectivity index (χ1) is 13.5. The Hall–Kier alpha value is -3.02. The molecule has 1 aliphatic rings. The number of benzene rings is 1. The van der Waals surface area contributed by atoms with Crippen molar-refractivity contribution in [2.24, 2.45) is 5.41 Å². The van der Waals surface area contributed by atoms with E-state index in [1.165, 1.54) is 0 Å². The van der Waals surface area contributed by atoms with Gasteiger partial charge in [0.15, 0.2) is 11.2 Å². The van der Waals surface area contributed by atoms with Crippen molar-refractivity contribution in [1.29, 1.82) is 5.26 Å². The van der Waals surface area contributed by atoms with Crippen LogP contribution in [0.15, 0.2) is 28.8 Å². The van der Waals surface area contributed by atoms with Crippen molar-refractivity contribution in [1.82, 2.24) is 15.5 Å². The van der Waals surface area contributed by atoms with Crippen molar-refractivity contribution in [3.8, 4) is 11.8 Å². The van der Waals surface area contributed by atoms with Gasteiger partial charge in [0, 0.05) is 28.7 Å². The quantitative estimate of drug-likeness (QED) is 0.657. The summed E-state index contributed by atoms with van der Waals surface area (Å²) < 4.78 is 15.9. The molecule has 2 N–H and O–H groups in total. The Kier molecular flexibility index (Phi) is 4.71. The molecule has 3 heterocycles. The molecule has 0 aliphatic carbocycles. The van der Waals surface area contributed by atoms with Gasteiger partial charge in [-0.25, -0.2) is 0 Å². The van der Waals surface area contributed by atoms with Crippen molar-refractivity contribution in [3.63, 3.8) is 0 Å². The predicted molar refractivity (Wildman–Crippen MR) is 99.6 cm³/mol. The van der Waals surface area contributed by atoms with Crippen molar-refractivity contribution in [2.45, 2.75) is 20.1 Å². The molecular formula is C19H17ClN4O4. The maximum Gasteiger partial charge on any atom is 0.245 e. The number of hydrogen-bond donors (Lipinski definition) is 2. The molecule has 3 aromatic rings. The van der Waals surface area contributed by atoms with Crippen molar-refractivity contribution >= 4 is 28.4 Å². The lowest BCUT2D eigenvalue weighted by Gasteiger charge is -2.33. The fourth-order valence-corrected chi connectivity index (χ4v) is 3.16. The van der Waals surface area contributed by atoms with Crippen LogP contribution in [0.1, 0.15) is 17.1 Å². The van der Waals surface area contributed by atoms with E-state index in [9.17, 15) is 10.1 Å². The molecule has 4 rings (SSSR count). The smallest absolute Gasteiger partial charge is 0.245 e. The van der Waals surface area contributed by atoms with Crippen LogP contribution in [0.3, 0.4) is 0 Å². The lowest BCUT2D eigenvalue weighted by molar-refractivity contribution is -0.150. The van der Waals surface area contributed by atoms with E-state index in [0.717, 1.165) is 22.3 Å². The minimum atomic E-state index is -1.07. The molecule has 0 saturated carbocycles. The molecular weight excluding hydrogens is 384 g/mol. The molecule has 1 amide bonds. The maximum atomic E-state index is 12.2. The first-order valence-electron chi connectivity index (χ1n) is 8.62. The summed E-state index contributed by atoms with van der Waals surface area (Å²) in [6.45, 7) is 2.57. The standard InChI is InChI=1S/C19H17ClN4O4/c1-11-2-14(28-24-11)7-27-17-5-16-12(4-15(17)20)3-13(23-16)6-22-18(25)19(8-21)9-26-10-19/h2-5,23H,6-7,9-10H2,1H3,(H,22,25). The normalized spacial score (nSPS) is 15.0. The predicted octanol–water partition coefficient (Wildman–Crippen LogP) is 2.85. The highest BCUT2D eigenvalue weighted by atomic mass is 35.5. The van der Waals surface area contributed by atoms with E-state index < -0.39 is 5.41 Å². The number of carbonyl (C=O) groups is 1. The zero-order chi connectivity index (χ0) is 19.7. The monoisotopic (exact) mass is 400 g/mol. The number of H-pyrrole nitrogens is 1.